The van der Waals surface area contributed by atoms with Crippen molar-refractivity contribution in [3.8, 4) is 5.75 Å². The van der Waals surface area contributed by atoms with Crippen LogP contribution in [0.2, 0.25) is 5.02 Å². The third kappa shape index (κ3) is 3.11. The monoisotopic (exact) mass is 243 g/mol. The molecule has 2 atom stereocenters. The summed E-state index contributed by atoms with van der Waals surface area (Å²) in [5.74, 6) is 0.582. The van der Waals surface area contributed by atoms with Gasteiger partial charge in [-0.15, -0.1) is 0 Å². The van der Waals surface area contributed by atoms with Gasteiger partial charge in [-0.2, -0.15) is 0 Å². The fourth-order valence-corrected chi connectivity index (χ4v) is 1.78. The minimum Gasteiger partial charge on any atom is -0.495 e. The minimum atomic E-state index is -0.532. The first-order valence-electron chi connectivity index (χ1n) is 5.37. The molecule has 0 saturated heterocycles. The van der Waals surface area contributed by atoms with Gasteiger partial charge in [0.15, 0.2) is 0 Å². The van der Waals surface area contributed by atoms with Crippen molar-refractivity contribution in [3.63, 3.8) is 0 Å². The lowest BCUT2D eigenvalue weighted by atomic mass is 9.99. The molecule has 16 heavy (non-hydrogen) atoms. The Bertz CT molecular complexity index is 344. The molecular formula is C12H18ClNO2. The van der Waals surface area contributed by atoms with Gasteiger partial charge in [-0.05, 0) is 24.1 Å². The molecule has 0 aliphatic carbocycles. The number of benzene rings is 1. The third-order valence-corrected chi connectivity index (χ3v) is 2.87. The highest BCUT2D eigenvalue weighted by molar-refractivity contribution is 6.32. The molecule has 0 aliphatic rings. The number of ether oxygens (including phenoxy) is 1. The molecule has 0 bridgehead atoms. The normalized spacial score (nSPS) is 14.6. The van der Waals surface area contributed by atoms with Crippen LogP contribution in [0.5, 0.6) is 5.75 Å². The van der Waals surface area contributed by atoms with E-state index in [1.54, 1.807) is 19.2 Å². The molecule has 3 N–H and O–H groups in total. The van der Waals surface area contributed by atoms with Gasteiger partial charge in [-0.1, -0.05) is 31.0 Å². The molecule has 0 aromatic heterocycles. The molecule has 0 saturated carbocycles. The van der Waals surface area contributed by atoms with Gasteiger partial charge in [0.05, 0.1) is 24.3 Å². The lowest BCUT2D eigenvalue weighted by Crippen LogP contribution is -2.25. The highest BCUT2D eigenvalue weighted by Gasteiger charge is 2.17. The van der Waals surface area contributed by atoms with E-state index in [9.17, 15) is 5.11 Å². The maximum absolute atomic E-state index is 9.81. The second-order valence-electron chi connectivity index (χ2n) is 3.78. The number of aliphatic hydroxyl groups is 1. The van der Waals surface area contributed by atoms with Crippen LogP contribution in [0.25, 0.3) is 0 Å². The Morgan fingerprint density at radius 1 is 1.50 bits per heavy atom. The van der Waals surface area contributed by atoms with Gasteiger partial charge in [0, 0.05) is 0 Å². The van der Waals surface area contributed by atoms with Gasteiger partial charge < -0.3 is 15.6 Å². The van der Waals surface area contributed by atoms with E-state index in [1.165, 1.54) is 0 Å². The topological polar surface area (TPSA) is 55.5 Å². The SMILES string of the molecule is CCC[C@@H](O)[C@@H](N)c1ccc(Cl)c(OC)c1. The minimum absolute atomic E-state index is 0.397. The first kappa shape index (κ1) is 13.3. The van der Waals surface area contributed by atoms with E-state index < -0.39 is 12.1 Å². The molecule has 0 unspecified atom stereocenters. The predicted molar refractivity (Wildman–Crippen MR) is 65.8 cm³/mol. The Labute approximate surface area is 101 Å². The van der Waals surface area contributed by atoms with E-state index >= 15 is 0 Å². The summed E-state index contributed by atoms with van der Waals surface area (Å²) in [5, 5.41) is 10.4. The van der Waals surface area contributed by atoms with Gasteiger partial charge in [0.2, 0.25) is 0 Å². The number of methoxy groups -OCH3 is 1. The van der Waals surface area contributed by atoms with E-state index in [4.69, 9.17) is 22.1 Å². The summed E-state index contributed by atoms with van der Waals surface area (Å²) < 4.78 is 5.11. The second-order valence-corrected chi connectivity index (χ2v) is 4.18. The Morgan fingerprint density at radius 2 is 2.19 bits per heavy atom. The second kappa shape index (κ2) is 6.09. The van der Waals surface area contributed by atoms with Crippen LogP contribution in [0.15, 0.2) is 18.2 Å². The van der Waals surface area contributed by atoms with E-state index in [0.717, 1.165) is 12.0 Å². The summed E-state index contributed by atoms with van der Waals surface area (Å²) in [6.07, 6.45) is 1.06. The Balaban J connectivity index is 2.87. The number of hydrogen-bond donors (Lipinski definition) is 2. The zero-order valence-corrected chi connectivity index (χ0v) is 10.4. The first-order chi connectivity index (χ1) is 7.60. The van der Waals surface area contributed by atoms with Crippen LogP contribution in [0.1, 0.15) is 31.4 Å². The van der Waals surface area contributed by atoms with Crippen LogP contribution in [-0.4, -0.2) is 18.3 Å². The summed E-state index contributed by atoms with van der Waals surface area (Å²) in [6.45, 7) is 2.01. The van der Waals surface area contributed by atoms with E-state index in [2.05, 4.69) is 0 Å². The van der Waals surface area contributed by atoms with Crippen molar-refractivity contribution in [2.24, 2.45) is 5.73 Å². The fourth-order valence-electron chi connectivity index (χ4n) is 1.58. The number of aliphatic hydroxyl groups excluding tert-OH is 1. The summed E-state index contributed by atoms with van der Waals surface area (Å²) in [7, 11) is 1.55. The summed E-state index contributed by atoms with van der Waals surface area (Å²) in [4.78, 5) is 0. The summed E-state index contributed by atoms with van der Waals surface area (Å²) in [5.41, 5.74) is 6.78. The average molecular weight is 244 g/mol. The lowest BCUT2D eigenvalue weighted by molar-refractivity contribution is 0.134. The zero-order valence-electron chi connectivity index (χ0n) is 9.61. The molecular weight excluding hydrogens is 226 g/mol. The predicted octanol–water partition coefficient (Wildman–Crippen LogP) is 2.51. The smallest absolute Gasteiger partial charge is 0.137 e. The first-order valence-corrected chi connectivity index (χ1v) is 5.75. The summed E-state index contributed by atoms with van der Waals surface area (Å²) >= 11 is 5.91. The van der Waals surface area contributed by atoms with Gasteiger partial charge in [-0.3, -0.25) is 0 Å². The van der Waals surface area contributed by atoms with Gasteiger partial charge in [0.1, 0.15) is 5.75 Å². The summed E-state index contributed by atoms with van der Waals surface area (Å²) in [6, 6.07) is 4.92. The van der Waals surface area contributed by atoms with Crippen LogP contribution >= 0.6 is 11.6 Å². The number of nitrogens with two attached hydrogens (primary N) is 1. The van der Waals surface area contributed by atoms with Crippen molar-refractivity contribution >= 4 is 11.6 Å². The molecule has 0 amide bonds. The third-order valence-electron chi connectivity index (χ3n) is 2.56. The molecule has 4 heteroatoms. The fraction of sp³-hybridized carbons (Fsp3) is 0.500. The van der Waals surface area contributed by atoms with Crippen molar-refractivity contribution < 1.29 is 9.84 Å². The molecule has 0 aliphatic heterocycles. The molecule has 0 radical (unpaired) electrons. The molecule has 1 aromatic rings. The van der Waals surface area contributed by atoms with Crippen LogP contribution < -0.4 is 10.5 Å². The molecule has 0 spiro atoms. The van der Waals surface area contributed by atoms with Gasteiger partial charge in [-0.25, -0.2) is 0 Å². The highest BCUT2D eigenvalue weighted by Crippen LogP contribution is 2.28. The quantitative estimate of drug-likeness (QED) is 0.836. The Hall–Kier alpha value is -0.770. The molecule has 3 nitrogen and oxygen atoms in total. The Kier molecular flexibility index (Phi) is 5.06. The van der Waals surface area contributed by atoms with Crippen molar-refractivity contribution in [2.45, 2.75) is 31.9 Å². The molecule has 0 heterocycles. The van der Waals surface area contributed by atoms with Gasteiger partial charge >= 0.3 is 0 Å². The largest absolute Gasteiger partial charge is 0.495 e. The molecule has 0 fully saturated rings. The van der Waals surface area contributed by atoms with Crippen LogP contribution in [0.3, 0.4) is 0 Å². The van der Waals surface area contributed by atoms with Crippen molar-refractivity contribution in [3.05, 3.63) is 28.8 Å². The van der Waals surface area contributed by atoms with Crippen LogP contribution in [0, 0.1) is 0 Å². The Morgan fingerprint density at radius 3 is 2.75 bits per heavy atom. The van der Waals surface area contributed by atoms with Crippen molar-refractivity contribution in [1.29, 1.82) is 0 Å². The van der Waals surface area contributed by atoms with Crippen LogP contribution in [0.4, 0.5) is 0 Å². The van der Waals surface area contributed by atoms with Crippen LogP contribution in [-0.2, 0) is 0 Å². The molecule has 1 rings (SSSR count). The van der Waals surface area contributed by atoms with Crippen molar-refractivity contribution in [2.75, 3.05) is 7.11 Å². The van der Waals surface area contributed by atoms with E-state index in [-0.39, 0.29) is 0 Å². The maximum Gasteiger partial charge on any atom is 0.137 e. The number of halogens is 1. The van der Waals surface area contributed by atoms with E-state index in [0.29, 0.717) is 17.2 Å². The van der Waals surface area contributed by atoms with Crippen molar-refractivity contribution in [1.82, 2.24) is 0 Å². The zero-order chi connectivity index (χ0) is 12.1. The van der Waals surface area contributed by atoms with E-state index in [1.807, 2.05) is 13.0 Å². The van der Waals surface area contributed by atoms with Gasteiger partial charge in [0.25, 0.3) is 0 Å². The maximum atomic E-state index is 9.81. The molecule has 90 valence electrons. The molecule has 1 aromatic carbocycles. The number of hydrogen-bond acceptors (Lipinski definition) is 3. The lowest BCUT2D eigenvalue weighted by Gasteiger charge is -2.19. The number of rotatable bonds is 5. The standard InChI is InChI=1S/C12H18ClNO2/c1-3-4-10(15)12(14)8-5-6-9(13)11(7-8)16-2/h5-7,10,12,15H,3-4,14H2,1-2H3/t10-,12+/m1/s1. The highest BCUT2D eigenvalue weighted by atomic mass is 35.5. The average Bonchev–Trinajstić information content (AvgIpc) is 2.29.